The molecule has 0 bridgehead atoms. The summed E-state index contributed by atoms with van der Waals surface area (Å²) in [6.45, 7) is 7.29. The van der Waals surface area contributed by atoms with Crippen molar-refractivity contribution in [3.05, 3.63) is 54.1 Å². The first kappa shape index (κ1) is 19.0. The standard InChI is InChI=1S/C24H29N5O/c1-18-7-8-21-22(17-18)26-24(25-21)29-11-9-19(10-12-29)23(30)28-15-13-27(14-16-28)20-5-3-2-4-6-20/h2-8,17,19H,9-16H2,1H3,(H,25,26). The van der Waals surface area contributed by atoms with Gasteiger partial charge in [-0.3, -0.25) is 4.79 Å². The highest BCUT2D eigenvalue weighted by atomic mass is 16.2. The van der Waals surface area contributed by atoms with Gasteiger partial charge < -0.3 is 19.7 Å². The van der Waals surface area contributed by atoms with E-state index in [4.69, 9.17) is 4.98 Å². The Labute approximate surface area is 177 Å². The maximum absolute atomic E-state index is 13.1. The molecule has 156 valence electrons. The number of nitrogens with zero attached hydrogens (tertiary/aromatic N) is 4. The fourth-order valence-electron chi connectivity index (χ4n) is 4.68. The second-order valence-electron chi connectivity index (χ2n) is 8.49. The molecule has 3 heterocycles. The van der Waals surface area contributed by atoms with Crippen LogP contribution in [0.1, 0.15) is 18.4 Å². The second kappa shape index (κ2) is 8.01. The molecule has 30 heavy (non-hydrogen) atoms. The first-order valence-electron chi connectivity index (χ1n) is 11.0. The number of hydrogen-bond acceptors (Lipinski definition) is 4. The average molecular weight is 404 g/mol. The number of aromatic nitrogens is 2. The summed E-state index contributed by atoms with van der Waals surface area (Å²) in [5, 5.41) is 0. The molecule has 0 saturated carbocycles. The number of anilines is 2. The molecule has 0 aliphatic carbocycles. The van der Waals surface area contributed by atoms with Gasteiger partial charge in [-0.15, -0.1) is 0 Å². The number of para-hydroxylation sites is 1. The van der Waals surface area contributed by atoms with Crippen molar-refractivity contribution in [2.45, 2.75) is 19.8 Å². The molecule has 2 aliphatic heterocycles. The Morgan fingerprint density at radius 1 is 0.933 bits per heavy atom. The molecule has 5 rings (SSSR count). The lowest BCUT2D eigenvalue weighted by Crippen LogP contribution is -2.51. The van der Waals surface area contributed by atoms with E-state index in [-0.39, 0.29) is 5.92 Å². The Balaban J connectivity index is 1.16. The van der Waals surface area contributed by atoms with Gasteiger partial charge in [0.1, 0.15) is 0 Å². The normalized spacial score (nSPS) is 18.2. The van der Waals surface area contributed by atoms with Crippen molar-refractivity contribution in [3.8, 4) is 0 Å². The molecule has 0 unspecified atom stereocenters. The topological polar surface area (TPSA) is 55.5 Å². The van der Waals surface area contributed by atoms with Gasteiger partial charge in [-0.25, -0.2) is 4.98 Å². The highest BCUT2D eigenvalue weighted by Gasteiger charge is 2.31. The second-order valence-corrected chi connectivity index (χ2v) is 8.49. The summed E-state index contributed by atoms with van der Waals surface area (Å²) >= 11 is 0. The molecule has 2 fully saturated rings. The number of H-pyrrole nitrogens is 1. The van der Waals surface area contributed by atoms with E-state index in [1.165, 1.54) is 11.3 Å². The van der Waals surface area contributed by atoms with E-state index >= 15 is 0 Å². The highest BCUT2D eigenvalue weighted by molar-refractivity contribution is 5.80. The summed E-state index contributed by atoms with van der Waals surface area (Å²) in [5.74, 6) is 1.40. The molecule has 3 aromatic rings. The molecular weight excluding hydrogens is 374 g/mol. The van der Waals surface area contributed by atoms with Crippen LogP contribution < -0.4 is 9.80 Å². The van der Waals surface area contributed by atoms with E-state index in [9.17, 15) is 4.79 Å². The summed E-state index contributed by atoms with van der Waals surface area (Å²) in [4.78, 5) is 28.0. The van der Waals surface area contributed by atoms with E-state index < -0.39 is 0 Å². The van der Waals surface area contributed by atoms with E-state index in [1.807, 2.05) is 6.07 Å². The molecule has 0 atom stereocenters. The van der Waals surface area contributed by atoms with E-state index in [1.54, 1.807) is 0 Å². The van der Waals surface area contributed by atoms with Gasteiger partial charge in [0, 0.05) is 50.9 Å². The maximum Gasteiger partial charge on any atom is 0.225 e. The number of carbonyl (C=O) groups excluding carboxylic acids is 1. The number of carbonyl (C=O) groups is 1. The lowest BCUT2D eigenvalue weighted by Gasteiger charge is -2.39. The molecule has 1 aromatic heterocycles. The van der Waals surface area contributed by atoms with Gasteiger partial charge in [-0.05, 0) is 49.6 Å². The van der Waals surface area contributed by atoms with Crippen LogP contribution in [0.3, 0.4) is 0 Å². The Kier molecular flexibility index (Phi) is 5.07. The minimum atomic E-state index is 0.135. The van der Waals surface area contributed by atoms with Crippen molar-refractivity contribution in [1.82, 2.24) is 14.9 Å². The maximum atomic E-state index is 13.1. The molecule has 0 spiro atoms. The molecule has 2 aliphatic rings. The largest absolute Gasteiger partial charge is 0.368 e. The van der Waals surface area contributed by atoms with Crippen LogP contribution in [-0.2, 0) is 4.79 Å². The number of hydrogen-bond donors (Lipinski definition) is 1. The summed E-state index contributed by atoms with van der Waals surface area (Å²) < 4.78 is 0. The van der Waals surface area contributed by atoms with Gasteiger partial charge in [0.2, 0.25) is 11.9 Å². The van der Waals surface area contributed by atoms with Crippen LogP contribution >= 0.6 is 0 Å². The van der Waals surface area contributed by atoms with Gasteiger partial charge in [0.25, 0.3) is 0 Å². The van der Waals surface area contributed by atoms with Gasteiger partial charge in [-0.1, -0.05) is 24.3 Å². The SMILES string of the molecule is Cc1ccc2nc(N3CCC(C(=O)N4CCN(c5ccccc5)CC4)CC3)[nH]c2c1. The van der Waals surface area contributed by atoms with Crippen LogP contribution in [0.25, 0.3) is 11.0 Å². The van der Waals surface area contributed by atoms with Gasteiger partial charge in [0.15, 0.2) is 0 Å². The zero-order chi connectivity index (χ0) is 20.5. The summed E-state index contributed by atoms with van der Waals surface area (Å²) in [5.41, 5.74) is 4.57. The Morgan fingerprint density at radius 3 is 2.40 bits per heavy atom. The van der Waals surface area contributed by atoms with Crippen LogP contribution in [0.5, 0.6) is 0 Å². The zero-order valence-electron chi connectivity index (χ0n) is 17.6. The third kappa shape index (κ3) is 3.74. The van der Waals surface area contributed by atoms with Crippen LogP contribution in [0.2, 0.25) is 0 Å². The number of piperazine rings is 1. The number of aromatic amines is 1. The van der Waals surface area contributed by atoms with Crippen molar-refractivity contribution in [2.75, 3.05) is 49.1 Å². The summed E-state index contributed by atoms with van der Waals surface area (Å²) in [6.07, 6.45) is 1.79. The van der Waals surface area contributed by atoms with Crippen LogP contribution in [-0.4, -0.2) is 60.0 Å². The predicted octanol–water partition coefficient (Wildman–Crippen LogP) is 3.44. The summed E-state index contributed by atoms with van der Waals surface area (Å²) in [7, 11) is 0. The number of fused-ring (bicyclic) bond motifs is 1. The molecule has 6 heteroatoms. The fourth-order valence-corrected chi connectivity index (χ4v) is 4.68. The average Bonchev–Trinajstić information content (AvgIpc) is 3.23. The number of nitrogens with one attached hydrogen (secondary N) is 1. The molecular formula is C24H29N5O. The quantitative estimate of drug-likeness (QED) is 0.728. The number of rotatable bonds is 3. The smallest absolute Gasteiger partial charge is 0.225 e. The van der Waals surface area contributed by atoms with Crippen LogP contribution in [0.4, 0.5) is 11.6 Å². The van der Waals surface area contributed by atoms with Crippen molar-refractivity contribution in [2.24, 2.45) is 5.92 Å². The van der Waals surface area contributed by atoms with E-state index in [0.29, 0.717) is 5.91 Å². The van der Waals surface area contributed by atoms with Crippen LogP contribution in [0, 0.1) is 12.8 Å². The van der Waals surface area contributed by atoms with Crippen molar-refractivity contribution >= 4 is 28.6 Å². The number of imidazole rings is 1. The van der Waals surface area contributed by atoms with E-state index in [0.717, 1.165) is 69.1 Å². The minimum absolute atomic E-state index is 0.135. The Morgan fingerprint density at radius 2 is 1.67 bits per heavy atom. The summed E-state index contributed by atoms with van der Waals surface area (Å²) in [6, 6.07) is 16.8. The van der Waals surface area contributed by atoms with Crippen molar-refractivity contribution in [1.29, 1.82) is 0 Å². The number of aryl methyl sites for hydroxylation is 1. The molecule has 1 N–H and O–H groups in total. The Bertz CT molecular complexity index is 1010. The van der Waals surface area contributed by atoms with Gasteiger partial charge in [0.05, 0.1) is 11.0 Å². The fraction of sp³-hybridized carbons (Fsp3) is 0.417. The zero-order valence-corrected chi connectivity index (χ0v) is 17.6. The highest BCUT2D eigenvalue weighted by Crippen LogP contribution is 2.26. The molecule has 0 radical (unpaired) electrons. The lowest BCUT2D eigenvalue weighted by molar-refractivity contribution is -0.136. The number of amides is 1. The third-order valence-corrected chi connectivity index (χ3v) is 6.48. The van der Waals surface area contributed by atoms with E-state index in [2.05, 4.69) is 69.1 Å². The van der Waals surface area contributed by atoms with Gasteiger partial charge in [-0.2, -0.15) is 0 Å². The monoisotopic (exact) mass is 403 g/mol. The molecule has 6 nitrogen and oxygen atoms in total. The first-order chi connectivity index (χ1) is 14.7. The van der Waals surface area contributed by atoms with Crippen molar-refractivity contribution < 1.29 is 4.79 Å². The van der Waals surface area contributed by atoms with Crippen LogP contribution in [0.15, 0.2) is 48.5 Å². The number of benzene rings is 2. The molecule has 2 saturated heterocycles. The number of piperidine rings is 1. The predicted molar refractivity (Wildman–Crippen MR) is 121 cm³/mol. The first-order valence-corrected chi connectivity index (χ1v) is 11.0. The lowest BCUT2D eigenvalue weighted by atomic mass is 9.95. The third-order valence-electron chi connectivity index (χ3n) is 6.48. The van der Waals surface area contributed by atoms with Crippen molar-refractivity contribution in [3.63, 3.8) is 0 Å². The Hall–Kier alpha value is -3.02. The minimum Gasteiger partial charge on any atom is -0.368 e. The molecule has 1 amide bonds. The van der Waals surface area contributed by atoms with Gasteiger partial charge >= 0.3 is 0 Å². The molecule has 2 aromatic carbocycles.